The van der Waals surface area contributed by atoms with E-state index in [1.54, 1.807) is 6.08 Å². The molecular formula is C24H23N5O2S. The minimum atomic E-state index is -0.361. The standard InChI is InChI=1S/C24H23N5O2S/c1-15-25-20-8-3-16(14-21-23(30)27-24(31)32-21)13-19(20)22(26-15)17-4-6-18(7-5-17)29-11-9-28(2)10-12-29/h3-8,13-14H,9-12H2,1-2H3,(H,27,30,31). The predicted octanol–water partition coefficient (Wildman–Crippen LogP) is 3.68. The summed E-state index contributed by atoms with van der Waals surface area (Å²) in [6.07, 6.45) is 1.73. The third-order valence-corrected chi connectivity index (χ3v) is 6.59. The highest BCUT2D eigenvalue weighted by atomic mass is 32.2. The quantitative estimate of drug-likeness (QED) is 0.616. The van der Waals surface area contributed by atoms with E-state index in [0.29, 0.717) is 10.7 Å². The van der Waals surface area contributed by atoms with Gasteiger partial charge in [-0.05, 0) is 61.6 Å². The second kappa shape index (κ2) is 8.37. The molecular weight excluding hydrogens is 422 g/mol. The number of imide groups is 1. The molecule has 0 atom stereocenters. The summed E-state index contributed by atoms with van der Waals surface area (Å²) in [4.78, 5) is 37.8. The molecule has 3 aromatic rings. The van der Waals surface area contributed by atoms with Crippen LogP contribution in [0.15, 0.2) is 47.4 Å². The number of anilines is 1. The first-order chi connectivity index (χ1) is 15.5. The number of rotatable bonds is 3. The number of aromatic nitrogens is 2. The van der Waals surface area contributed by atoms with E-state index < -0.39 is 0 Å². The summed E-state index contributed by atoms with van der Waals surface area (Å²) in [5.41, 5.74) is 4.77. The zero-order valence-corrected chi connectivity index (χ0v) is 18.8. The number of nitrogens with one attached hydrogen (secondary N) is 1. The van der Waals surface area contributed by atoms with E-state index in [1.807, 2.05) is 25.1 Å². The summed E-state index contributed by atoms with van der Waals surface area (Å²) in [6.45, 7) is 6.08. The Hall–Kier alpha value is -3.23. The van der Waals surface area contributed by atoms with Crippen molar-refractivity contribution in [2.24, 2.45) is 0 Å². The van der Waals surface area contributed by atoms with Gasteiger partial charge in [0, 0.05) is 42.8 Å². The second-order valence-corrected chi connectivity index (χ2v) is 9.10. The molecule has 2 aromatic carbocycles. The fraction of sp³-hybridized carbons (Fsp3) is 0.250. The number of fused-ring (bicyclic) bond motifs is 1. The Kier molecular flexibility index (Phi) is 5.40. The molecule has 0 saturated carbocycles. The van der Waals surface area contributed by atoms with Crippen LogP contribution in [0.3, 0.4) is 0 Å². The van der Waals surface area contributed by atoms with Crippen molar-refractivity contribution in [1.29, 1.82) is 0 Å². The minimum absolute atomic E-state index is 0.345. The third kappa shape index (κ3) is 4.11. The number of likely N-dealkylation sites (N-methyl/N-ethyl adjacent to an activating group) is 1. The lowest BCUT2D eigenvalue weighted by atomic mass is 10.0. The lowest BCUT2D eigenvalue weighted by Gasteiger charge is -2.34. The van der Waals surface area contributed by atoms with E-state index in [2.05, 4.69) is 51.4 Å². The van der Waals surface area contributed by atoms with Crippen LogP contribution in [-0.2, 0) is 4.79 Å². The summed E-state index contributed by atoms with van der Waals surface area (Å²) >= 11 is 0.915. The van der Waals surface area contributed by atoms with E-state index in [1.165, 1.54) is 5.69 Å². The molecule has 2 saturated heterocycles. The Labute approximate surface area is 190 Å². The van der Waals surface area contributed by atoms with Crippen molar-refractivity contribution in [3.05, 3.63) is 58.8 Å². The molecule has 5 rings (SSSR count). The molecule has 7 nitrogen and oxygen atoms in total. The van der Waals surface area contributed by atoms with Gasteiger partial charge in [-0.1, -0.05) is 18.2 Å². The summed E-state index contributed by atoms with van der Waals surface area (Å²) in [6, 6.07) is 14.3. The molecule has 0 radical (unpaired) electrons. The van der Waals surface area contributed by atoms with Gasteiger partial charge in [-0.3, -0.25) is 14.9 Å². The minimum Gasteiger partial charge on any atom is -0.369 e. The molecule has 0 bridgehead atoms. The summed E-state index contributed by atoms with van der Waals surface area (Å²) in [7, 11) is 2.16. The van der Waals surface area contributed by atoms with Gasteiger partial charge in [0.15, 0.2) is 0 Å². The summed E-state index contributed by atoms with van der Waals surface area (Å²) in [5, 5.41) is 2.85. The van der Waals surface area contributed by atoms with Crippen LogP contribution in [0, 0.1) is 6.92 Å². The van der Waals surface area contributed by atoms with Gasteiger partial charge in [0.2, 0.25) is 0 Å². The second-order valence-electron chi connectivity index (χ2n) is 8.09. The van der Waals surface area contributed by atoms with Gasteiger partial charge in [0.1, 0.15) is 5.82 Å². The van der Waals surface area contributed by atoms with Crippen LogP contribution in [0.5, 0.6) is 0 Å². The smallest absolute Gasteiger partial charge is 0.290 e. The van der Waals surface area contributed by atoms with Gasteiger partial charge in [-0.25, -0.2) is 9.97 Å². The van der Waals surface area contributed by atoms with Crippen molar-refractivity contribution < 1.29 is 9.59 Å². The summed E-state index contributed by atoms with van der Waals surface area (Å²) in [5.74, 6) is 0.345. The van der Waals surface area contributed by atoms with Crippen LogP contribution in [0.4, 0.5) is 10.5 Å². The summed E-state index contributed by atoms with van der Waals surface area (Å²) < 4.78 is 0. The molecule has 162 valence electrons. The fourth-order valence-electron chi connectivity index (χ4n) is 4.04. The molecule has 32 heavy (non-hydrogen) atoms. The molecule has 2 fully saturated rings. The number of hydrogen-bond donors (Lipinski definition) is 1. The van der Waals surface area contributed by atoms with Crippen LogP contribution in [0.25, 0.3) is 28.2 Å². The predicted molar refractivity (Wildman–Crippen MR) is 129 cm³/mol. The molecule has 0 unspecified atom stereocenters. The molecule has 3 heterocycles. The zero-order valence-electron chi connectivity index (χ0n) is 18.0. The highest BCUT2D eigenvalue weighted by Gasteiger charge is 2.25. The first-order valence-corrected chi connectivity index (χ1v) is 11.3. The number of hydrogen-bond acceptors (Lipinski definition) is 7. The van der Waals surface area contributed by atoms with Crippen molar-refractivity contribution in [1.82, 2.24) is 20.2 Å². The topological polar surface area (TPSA) is 78.4 Å². The van der Waals surface area contributed by atoms with Crippen molar-refractivity contribution in [3.63, 3.8) is 0 Å². The normalized spacial score (nSPS) is 18.6. The molecule has 1 aromatic heterocycles. The van der Waals surface area contributed by atoms with E-state index in [4.69, 9.17) is 4.98 Å². The fourth-order valence-corrected chi connectivity index (χ4v) is 4.72. The van der Waals surface area contributed by atoms with Crippen LogP contribution in [0.2, 0.25) is 0 Å². The van der Waals surface area contributed by atoms with Crippen LogP contribution in [-0.4, -0.2) is 59.2 Å². The molecule has 0 spiro atoms. The van der Waals surface area contributed by atoms with Crippen molar-refractivity contribution in [2.45, 2.75) is 6.92 Å². The Morgan fingerprint density at radius 3 is 2.44 bits per heavy atom. The maximum absolute atomic E-state index is 11.9. The molecule has 2 amide bonds. The maximum atomic E-state index is 11.9. The van der Waals surface area contributed by atoms with Gasteiger partial charge >= 0.3 is 0 Å². The molecule has 2 aliphatic rings. The van der Waals surface area contributed by atoms with Gasteiger partial charge < -0.3 is 9.80 Å². The Morgan fingerprint density at radius 2 is 1.75 bits per heavy atom. The van der Waals surface area contributed by atoms with Crippen molar-refractivity contribution in [2.75, 3.05) is 38.1 Å². The molecule has 0 aliphatic carbocycles. The zero-order chi connectivity index (χ0) is 22.2. The van der Waals surface area contributed by atoms with Gasteiger partial charge in [0.25, 0.3) is 11.1 Å². The lowest BCUT2D eigenvalue weighted by molar-refractivity contribution is -0.115. The van der Waals surface area contributed by atoms with Crippen LogP contribution < -0.4 is 10.2 Å². The van der Waals surface area contributed by atoms with Crippen molar-refractivity contribution >= 4 is 45.6 Å². The lowest BCUT2D eigenvalue weighted by Crippen LogP contribution is -2.44. The third-order valence-electron chi connectivity index (χ3n) is 5.78. The number of amides is 2. The molecule has 8 heteroatoms. The van der Waals surface area contributed by atoms with E-state index in [0.717, 1.165) is 65.7 Å². The van der Waals surface area contributed by atoms with Gasteiger partial charge in [-0.2, -0.15) is 0 Å². The number of nitrogens with zero attached hydrogens (tertiary/aromatic N) is 4. The number of carbonyl (C=O) groups is 2. The molecule has 1 N–H and O–H groups in total. The van der Waals surface area contributed by atoms with Crippen molar-refractivity contribution in [3.8, 4) is 11.3 Å². The monoisotopic (exact) mass is 445 g/mol. The number of thioether (sulfide) groups is 1. The van der Waals surface area contributed by atoms with Gasteiger partial charge in [0.05, 0.1) is 16.1 Å². The average molecular weight is 446 g/mol. The van der Waals surface area contributed by atoms with Crippen LogP contribution >= 0.6 is 11.8 Å². The Bertz CT molecular complexity index is 1250. The SMILES string of the molecule is Cc1nc(-c2ccc(N3CCN(C)CC3)cc2)c2cc(C=C3SC(=O)NC3=O)ccc2n1. The number of benzene rings is 2. The highest BCUT2D eigenvalue weighted by molar-refractivity contribution is 8.18. The van der Waals surface area contributed by atoms with Gasteiger partial charge in [-0.15, -0.1) is 0 Å². The first kappa shape index (κ1) is 20.7. The molecule has 2 aliphatic heterocycles. The first-order valence-electron chi connectivity index (χ1n) is 10.5. The highest BCUT2D eigenvalue weighted by Crippen LogP contribution is 2.31. The number of piperazine rings is 1. The Balaban J connectivity index is 1.51. The largest absolute Gasteiger partial charge is 0.369 e. The average Bonchev–Trinajstić information content (AvgIpc) is 3.10. The maximum Gasteiger partial charge on any atom is 0.290 e. The Morgan fingerprint density at radius 1 is 1.00 bits per heavy atom. The van der Waals surface area contributed by atoms with E-state index in [9.17, 15) is 9.59 Å². The van der Waals surface area contributed by atoms with Crippen LogP contribution in [0.1, 0.15) is 11.4 Å². The number of carbonyl (C=O) groups excluding carboxylic acids is 2. The van der Waals surface area contributed by atoms with E-state index in [-0.39, 0.29) is 11.1 Å². The number of aryl methyl sites for hydroxylation is 1. The van der Waals surface area contributed by atoms with E-state index >= 15 is 0 Å².